The van der Waals surface area contributed by atoms with Gasteiger partial charge in [-0.25, -0.2) is 0 Å². The zero-order valence-corrected chi connectivity index (χ0v) is 14.8. The van der Waals surface area contributed by atoms with Crippen molar-refractivity contribution >= 4 is 5.91 Å². The number of aromatic nitrogens is 2. The molecular formula is C19H19N3O4. The molecular weight excluding hydrogens is 334 g/mol. The number of benzene rings is 2. The van der Waals surface area contributed by atoms with Gasteiger partial charge in [-0.15, -0.1) is 0 Å². The van der Waals surface area contributed by atoms with Gasteiger partial charge in [-0.2, -0.15) is 4.98 Å². The first-order chi connectivity index (χ1) is 12.6. The molecule has 0 aliphatic rings. The molecule has 0 bridgehead atoms. The Balaban J connectivity index is 1.69. The van der Waals surface area contributed by atoms with Crippen LogP contribution in [0.4, 0.5) is 0 Å². The minimum atomic E-state index is -0.306. The topological polar surface area (TPSA) is 86.5 Å². The molecule has 3 aromatic rings. The summed E-state index contributed by atoms with van der Waals surface area (Å²) in [6.07, 6.45) is 0. The minimum absolute atomic E-state index is 0.118. The molecule has 0 unspecified atom stereocenters. The van der Waals surface area contributed by atoms with Gasteiger partial charge in [0.2, 0.25) is 11.7 Å². The van der Waals surface area contributed by atoms with Gasteiger partial charge in [0.25, 0.3) is 5.91 Å². The molecule has 0 saturated carbocycles. The second-order valence-corrected chi connectivity index (χ2v) is 5.63. The van der Waals surface area contributed by atoms with Gasteiger partial charge in [0.15, 0.2) is 0 Å². The first kappa shape index (κ1) is 17.5. The lowest BCUT2D eigenvalue weighted by molar-refractivity contribution is 0.0943. The van der Waals surface area contributed by atoms with Crippen LogP contribution in [0.5, 0.6) is 11.5 Å². The van der Waals surface area contributed by atoms with Crippen LogP contribution < -0.4 is 14.8 Å². The van der Waals surface area contributed by atoms with Crippen molar-refractivity contribution in [3.8, 4) is 22.9 Å². The van der Waals surface area contributed by atoms with Crippen LogP contribution >= 0.6 is 0 Å². The van der Waals surface area contributed by atoms with Crippen molar-refractivity contribution in [2.45, 2.75) is 13.5 Å². The average molecular weight is 353 g/mol. The van der Waals surface area contributed by atoms with Crippen LogP contribution in [0.15, 0.2) is 47.0 Å². The van der Waals surface area contributed by atoms with E-state index < -0.39 is 0 Å². The molecule has 0 aliphatic carbocycles. The Labute approximate surface area is 150 Å². The summed E-state index contributed by atoms with van der Waals surface area (Å²) in [5.41, 5.74) is 2.36. The zero-order chi connectivity index (χ0) is 18.5. The van der Waals surface area contributed by atoms with Crippen LogP contribution in [-0.4, -0.2) is 30.3 Å². The highest BCUT2D eigenvalue weighted by atomic mass is 16.5. The van der Waals surface area contributed by atoms with Gasteiger partial charge in [-0.05, 0) is 25.1 Å². The molecule has 0 spiro atoms. The van der Waals surface area contributed by atoms with Gasteiger partial charge in [-0.3, -0.25) is 4.79 Å². The number of amides is 1. The Morgan fingerprint density at radius 1 is 1.15 bits per heavy atom. The molecule has 0 fully saturated rings. The molecule has 1 aromatic heterocycles. The molecule has 0 atom stereocenters. The van der Waals surface area contributed by atoms with Gasteiger partial charge in [-0.1, -0.05) is 28.9 Å². The van der Waals surface area contributed by atoms with E-state index in [0.717, 1.165) is 11.1 Å². The maximum atomic E-state index is 12.4. The number of hydrogen-bond donors (Lipinski definition) is 1. The largest absolute Gasteiger partial charge is 0.497 e. The van der Waals surface area contributed by atoms with E-state index in [2.05, 4.69) is 15.5 Å². The summed E-state index contributed by atoms with van der Waals surface area (Å²) < 4.78 is 15.6. The maximum absolute atomic E-state index is 12.4. The van der Waals surface area contributed by atoms with Gasteiger partial charge < -0.3 is 19.3 Å². The molecule has 26 heavy (non-hydrogen) atoms. The Kier molecular flexibility index (Phi) is 5.17. The van der Waals surface area contributed by atoms with Crippen molar-refractivity contribution in [3.63, 3.8) is 0 Å². The summed E-state index contributed by atoms with van der Waals surface area (Å²) >= 11 is 0. The van der Waals surface area contributed by atoms with E-state index in [1.807, 2.05) is 31.2 Å². The quantitative estimate of drug-likeness (QED) is 0.733. The Morgan fingerprint density at radius 3 is 2.73 bits per heavy atom. The number of methoxy groups -OCH3 is 2. The smallest absolute Gasteiger partial charge is 0.255 e. The number of nitrogens with zero attached hydrogens (tertiary/aromatic N) is 2. The van der Waals surface area contributed by atoms with Crippen molar-refractivity contribution in [2.24, 2.45) is 0 Å². The summed E-state index contributed by atoms with van der Waals surface area (Å²) in [4.78, 5) is 16.7. The van der Waals surface area contributed by atoms with Crippen molar-refractivity contribution < 1.29 is 18.8 Å². The minimum Gasteiger partial charge on any atom is -0.497 e. The fraction of sp³-hybridized carbons (Fsp3) is 0.211. The van der Waals surface area contributed by atoms with Gasteiger partial charge in [0.05, 0.1) is 26.3 Å². The van der Waals surface area contributed by atoms with E-state index in [4.69, 9.17) is 14.0 Å². The van der Waals surface area contributed by atoms with Crippen LogP contribution in [0.3, 0.4) is 0 Å². The molecule has 0 radical (unpaired) electrons. The summed E-state index contributed by atoms with van der Waals surface area (Å²) in [6, 6.07) is 12.8. The van der Waals surface area contributed by atoms with Crippen molar-refractivity contribution in [3.05, 3.63) is 59.5 Å². The molecule has 1 heterocycles. The SMILES string of the molecule is COc1ccc(C(=O)NCc2nc(-c3cccc(C)c3)no2)c(OC)c1. The third-order valence-corrected chi connectivity index (χ3v) is 3.80. The Bertz CT molecular complexity index is 921. The van der Waals surface area contributed by atoms with Crippen molar-refractivity contribution in [2.75, 3.05) is 14.2 Å². The van der Waals surface area contributed by atoms with Crippen LogP contribution in [0.2, 0.25) is 0 Å². The average Bonchev–Trinajstić information content (AvgIpc) is 3.14. The van der Waals surface area contributed by atoms with Crippen molar-refractivity contribution in [1.82, 2.24) is 15.5 Å². The summed E-state index contributed by atoms with van der Waals surface area (Å²) in [5, 5.41) is 6.70. The fourth-order valence-corrected chi connectivity index (χ4v) is 2.47. The first-order valence-corrected chi connectivity index (χ1v) is 8.00. The number of hydrogen-bond acceptors (Lipinski definition) is 6. The van der Waals surface area contributed by atoms with Crippen LogP contribution in [0.1, 0.15) is 21.8 Å². The van der Waals surface area contributed by atoms with Crippen LogP contribution in [-0.2, 0) is 6.54 Å². The molecule has 7 nitrogen and oxygen atoms in total. The molecule has 0 saturated heterocycles. The van der Waals surface area contributed by atoms with Crippen LogP contribution in [0.25, 0.3) is 11.4 Å². The fourth-order valence-electron chi connectivity index (χ4n) is 2.47. The maximum Gasteiger partial charge on any atom is 0.255 e. The molecule has 1 N–H and O–H groups in total. The summed E-state index contributed by atoms with van der Waals surface area (Å²) in [7, 11) is 3.05. The Morgan fingerprint density at radius 2 is 2.00 bits per heavy atom. The van der Waals surface area contributed by atoms with E-state index in [-0.39, 0.29) is 12.5 Å². The molecule has 134 valence electrons. The second-order valence-electron chi connectivity index (χ2n) is 5.63. The normalized spacial score (nSPS) is 10.4. The predicted octanol–water partition coefficient (Wildman–Crippen LogP) is 2.99. The zero-order valence-electron chi connectivity index (χ0n) is 14.8. The van der Waals surface area contributed by atoms with Gasteiger partial charge in [0, 0.05) is 11.6 Å². The van der Waals surface area contributed by atoms with E-state index >= 15 is 0 Å². The van der Waals surface area contributed by atoms with E-state index in [1.165, 1.54) is 7.11 Å². The lowest BCUT2D eigenvalue weighted by atomic mass is 10.1. The van der Waals surface area contributed by atoms with Gasteiger partial charge in [0.1, 0.15) is 11.5 Å². The number of nitrogens with one attached hydrogen (secondary N) is 1. The number of carbonyl (C=O) groups excluding carboxylic acids is 1. The number of aryl methyl sites for hydroxylation is 1. The third-order valence-electron chi connectivity index (χ3n) is 3.80. The standard InChI is InChI=1S/C19H19N3O4/c1-12-5-4-6-13(9-12)18-21-17(26-22-18)11-20-19(23)15-8-7-14(24-2)10-16(15)25-3/h4-10H,11H2,1-3H3,(H,20,23). The summed E-state index contributed by atoms with van der Waals surface area (Å²) in [6.45, 7) is 2.11. The highest BCUT2D eigenvalue weighted by Gasteiger charge is 2.15. The number of rotatable bonds is 6. The molecule has 1 amide bonds. The van der Waals surface area contributed by atoms with E-state index in [1.54, 1.807) is 25.3 Å². The van der Waals surface area contributed by atoms with Crippen LogP contribution in [0, 0.1) is 6.92 Å². The molecule has 7 heteroatoms. The monoisotopic (exact) mass is 353 g/mol. The summed E-state index contributed by atoms with van der Waals surface area (Å²) in [5.74, 6) is 1.54. The second kappa shape index (κ2) is 7.69. The van der Waals surface area contributed by atoms with E-state index in [0.29, 0.717) is 28.8 Å². The van der Waals surface area contributed by atoms with E-state index in [9.17, 15) is 4.79 Å². The lowest BCUT2D eigenvalue weighted by Crippen LogP contribution is -2.23. The Hall–Kier alpha value is -3.35. The number of carbonyl (C=O) groups is 1. The predicted molar refractivity (Wildman–Crippen MR) is 95.2 cm³/mol. The highest BCUT2D eigenvalue weighted by Crippen LogP contribution is 2.24. The van der Waals surface area contributed by atoms with Gasteiger partial charge >= 0.3 is 0 Å². The van der Waals surface area contributed by atoms with Crippen molar-refractivity contribution in [1.29, 1.82) is 0 Å². The molecule has 0 aliphatic heterocycles. The third kappa shape index (κ3) is 3.83. The molecule has 3 rings (SSSR count). The lowest BCUT2D eigenvalue weighted by Gasteiger charge is -2.09. The molecule has 2 aromatic carbocycles. The number of ether oxygens (including phenoxy) is 2. The first-order valence-electron chi connectivity index (χ1n) is 8.00. The highest BCUT2D eigenvalue weighted by molar-refractivity contribution is 5.97.